The lowest BCUT2D eigenvalue weighted by Gasteiger charge is -2.29. The van der Waals surface area contributed by atoms with Crippen molar-refractivity contribution in [1.82, 2.24) is 24.8 Å². The van der Waals surface area contributed by atoms with Crippen LogP contribution in [0.25, 0.3) is 0 Å². The molecule has 2 aromatic heterocycles. The number of pyridine rings is 1. The van der Waals surface area contributed by atoms with Gasteiger partial charge in [-0.25, -0.2) is 17.7 Å². The zero-order valence-electron chi connectivity index (χ0n) is 17.1. The molecule has 0 aromatic carbocycles. The number of rotatable bonds is 8. The first-order chi connectivity index (χ1) is 14.3. The molecule has 3 heterocycles. The Kier molecular flexibility index (Phi) is 7.16. The summed E-state index contributed by atoms with van der Waals surface area (Å²) in [4.78, 5) is 16.5. The van der Waals surface area contributed by atoms with Gasteiger partial charge in [-0.3, -0.25) is 4.79 Å². The zero-order chi connectivity index (χ0) is 21.6. The number of hydrogen-bond donors (Lipinski definition) is 3. The van der Waals surface area contributed by atoms with E-state index in [2.05, 4.69) is 31.1 Å². The number of piperidine rings is 1. The van der Waals surface area contributed by atoms with Gasteiger partial charge in [-0.05, 0) is 49.6 Å². The fourth-order valence-corrected chi connectivity index (χ4v) is 4.07. The Bertz CT molecular complexity index is 958. The first kappa shape index (κ1) is 21.9. The van der Waals surface area contributed by atoms with Gasteiger partial charge in [0.05, 0.1) is 6.26 Å². The molecular formula is C19H27N7O3S. The molecule has 10 nitrogen and oxygen atoms in total. The highest BCUT2D eigenvalue weighted by atomic mass is 32.2. The number of carbonyl (C=O) groups is 1. The molecule has 3 rings (SSSR count). The van der Waals surface area contributed by atoms with Crippen LogP contribution < -0.4 is 16.0 Å². The number of anilines is 3. The molecule has 0 radical (unpaired) electrons. The fraction of sp³-hybridized carbons (Fsp3) is 0.474. The summed E-state index contributed by atoms with van der Waals surface area (Å²) in [6, 6.07) is 7.43. The number of aryl methyl sites for hydroxylation is 1. The molecule has 30 heavy (non-hydrogen) atoms. The predicted molar refractivity (Wildman–Crippen MR) is 115 cm³/mol. The lowest BCUT2D eigenvalue weighted by molar-refractivity contribution is -0.126. The fourth-order valence-electron chi connectivity index (χ4n) is 3.20. The molecule has 1 aliphatic heterocycles. The van der Waals surface area contributed by atoms with Crippen LogP contribution in [0.3, 0.4) is 0 Å². The van der Waals surface area contributed by atoms with Crippen LogP contribution in [0.1, 0.15) is 18.4 Å². The van der Waals surface area contributed by atoms with Crippen LogP contribution in [-0.4, -0.2) is 66.2 Å². The molecule has 0 bridgehead atoms. The second-order valence-corrected chi connectivity index (χ2v) is 9.28. The summed E-state index contributed by atoms with van der Waals surface area (Å²) in [5.41, 5.74) is 1.10. The maximum Gasteiger partial charge on any atom is 0.223 e. The van der Waals surface area contributed by atoms with Gasteiger partial charge in [0.15, 0.2) is 5.82 Å². The third-order valence-electron chi connectivity index (χ3n) is 4.86. The minimum Gasteiger partial charge on any atom is -0.367 e. The largest absolute Gasteiger partial charge is 0.367 e. The smallest absolute Gasteiger partial charge is 0.223 e. The van der Waals surface area contributed by atoms with Gasteiger partial charge in [0.25, 0.3) is 0 Å². The maximum absolute atomic E-state index is 12.3. The summed E-state index contributed by atoms with van der Waals surface area (Å²) in [6.45, 7) is 3.73. The zero-order valence-corrected chi connectivity index (χ0v) is 17.9. The second kappa shape index (κ2) is 9.81. The van der Waals surface area contributed by atoms with Crippen LogP contribution >= 0.6 is 0 Å². The van der Waals surface area contributed by atoms with E-state index in [0.717, 1.165) is 5.56 Å². The first-order valence-corrected chi connectivity index (χ1v) is 11.7. The van der Waals surface area contributed by atoms with Gasteiger partial charge in [-0.2, -0.15) is 0 Å². The molecule has 0 atom stereocenters. The number of amides is 1. The van der Waals surface area contributed by atoms with E-state index in [1.807, 2.05) is 19.1 Å². The minimum absolute atomic E-state index is 0.0405. The van der Waals surface area contributed by atoms with Gasteiger partial charge in [-0.1, -0.05) is 0 Å². The standard InChI is InChI=1S/C19H27N7O3S/c1-14-5-8-20-18(13-14)23-17-4-3-16(24-25-17)21-9-10-22-19(27)15-6-11-26(12-7-15)30(2,28)29/h3-5,8,13,15H,6-7,9-12H2,1-2H3,(H,21,24)(H,22,27)(H,20,23,25). The van der Waals surface area contributed by atoms with Crippen LogP contribution in [-0.2, 0) is 14.8 Å². The molecule has 0 unspecified atom stereocenters. The Balaban J connectivity index is 1.37. The average molecular weight is 434 g/mol. The lowest BCUT2D eigenvalue weighted by atomic mass is 9.97. The molecule has 162 valence electrons. The van der Waals surface area contributed by atoms with Gasteiger partial charge in [0.1, 0.15) is 11.6 Å². The van der Waals surface area contributed by atoms with Crippen molar-refractivity contribution in [2.24, 2.45) is 5.92 Å². The molecule has 1 fully saturated rings. The Hall–Kier alpha value is -2.79. The van der Waals surface area contributed by atoms with E-state index >= 15 is 0 Å². The van der Waals surface area contributed by atoms with Crippen LogP contribution in [0, 0.1) is 12.8 Å². The highest BCUT2D eigenvalue weighted by molar-refractivity contribution is 7.88. The summed E-state index contributed by atoms with van der Waals surface area (Å²) in [5, 5.41) is 17.3. The Morgan fingerprint density at radius 3 is 2.43 bits per heavy atom. The van der Waals surface area contributed by atoms with Gasteiger partial charge >= 0.3 is 0 Å². The van der Waals surface area contributed by atoms with Crippen LogP contribution in [0.4, 0.5) is 17.5 Å². The molecule has 11 heteroatoms. The highest BCUT2D eigenvalue weighted by Gasteiger charge is 2.28. The predicted octanol–water partition coefficient (Wildman–Crippen LogP) is 1.12. The van der Waals surface area contributed by atoms with Crippen LogP contribution in [0.5, 0.6) is 0 Å². The number of sulfonamides is 1. The number of aromatic nitrogens is 3. The van der Waals surface area contributed by atoms with Gasteiger partial charge in [0.2, 0.25) is 15.9 Å². The number of nitrogens with zero attached hydrogens (tertiary/aromatic N) is 4. The van der Waals surface area contributed by atoms with Crippen molar-refractivity contribution in [2.45, 2.75) is 19.8 Å². The molecule has 1 saturated heterocycles. The third kappa shape index (κ3) is 6.36. The molecule has 3 N–H and O–H groups in total. The van der Waals surface area contributed by atoms with Crippen molar-refractivity contribution < 1.29 is 13.2 Å². The van der Waals surface area contributed by atoms with Gasteiger partial charge in [-0.15, -0.1) is 10.2 Å². The lowest BCUT2D eigenvalue weighted by Crippen LogP contribution is -2.43. The topological polar surface area (TPSA) is 129 Å². The number of carbonyl (C=O) groups excluding carboxylic acids is 1. The molecule has 2 aromatic rings. The van der Waals surface area contributed by atoms with Crippen molar-refractivity contribution in [3.8, 4) is 0 Å². The monoisotopic (exact) mass is 433 g/mol. The molecular weight excluding hydrogens is 406 g/mol. The minimum atomic E-state index is -3.18. The van der Waals surface area contributed by atoms with E-state index in [1.165, 1.54) is 10.6 Å². The van der Waals surface area contributed by atoms with Crippen molar-refractivity contribution in [3.05, 3.63) is 36.0 Å². The van der Waals surface area contributed by atoms with Crippen LogP contribution in [0.15, 0.2) is 30.5 Å². The molecule has 0 saturated carbocycles. The number of nitrogens with one attached hydrogen (secondary N) is 3. The van der Waals surface area contributed by atoms with E-state index in [-0.39, 0.29) is 11.8 Å². The van der Waals surface area contributed by atoms with Crippen molar-refractivity contribution >= 4 is 33.4 Å². The molecule has 1 aliphatic rings. The third-order valence-corrected chi connectivity index (χ3v) is 6.16. The quantitative estimate of drug-likeness (QED) is 0.528. The van der Waals surface area contributed by atoms with E-state index in [9.17, 15) is 13.2 Å². The number of hydrogen-bond acceptors (Lipinski definition) is 8. The summed E-state index contributed by atoms with van der Waals surface area (Å²) >= 11 is 0. The van der Waals surface area contributed by atoms with Crippen molar-refractivity contribution in [3.63, 3.8) is 0 Å². The van der Waals surface area contributed by atoms with Gasteiger partial charge < -0.3 is 16.0 Å². The SMILES string of the molecule is Cc1ccnc(Nc2ccc(NCCNC(=O)C3CCN(S(C)(=O)=O)CC3)nn2)c1. The normalized spacial score (nSPS) is 15.5. The van der Waals surface area contributed by atoms with Gasteiger partial charge in [0, 0.05) is 38.3 Å². The first-order valence-electron chi connectivity index (χ1n) is 9.81. The molecule has 1 amide bonds. The maximum atomic E-state index is 12.3. The molecule has 0 aliphatic carbocycles. The van der Waals surface area contributed by atoms with Crippen molar-refractivity contribution in [1.29, 1.82) is 0 Å². The second-order valence-electron chi connectivity index (χ2n) is 7.30. The van der Waals surface area contributed by atoms with E-state index in [4.69, 9.17) is 0 Å². The van der Waals surface area contributed by atoms with Crippen LogP contribution in [0.2, 0.25) is 0 Å². The highest BCUT2D eigenvalue weighted by Crippen LogP contribution is 2.19. The summed E-state index contributed by atoms with van der Waals surface area (Å²) in [7, 11) is -3.18. The average Bonchev–Trinajstić information content (AvgIpc) is 2.72. The summed E-state index contributed by atoms with van der Waals surface area (Å²) < 4.78 is 24.5. The summed E-state index contributed by atoms with van der Waals surface area (Å²) in [6.07, 6.45) is 4.01. The summed E-state index contributed by atoms with van der Waals surface area (Å²) in [5.74, 6) is 1.71. The van der Waals surface area contributed by atoms with Crippen molar-refractivity contribution in [2.75, 3.05) is 43.1 Å². The van der Waals surface area contributed by atoms with E-state index < -0.39 is 10.0 Å². The molecule has 0 spiro atoms. The Morgan fingerprint density at radius 1 is 1.10 bits per heavy atom. The van der Waals surface area contributed by atoms with E-state index in [1.54, 1.807) is 18.3 Å². The van der Waals surface area contributed by atoms with E-state index in [0.29, 0.717) is 56.5 Å². The Labute approximate surface area is 176 Å². The Morgan fingerprint density at radius 2 is 1.80 bits per heavy atom.